The summed E-state index contributed by atoms with van der Waals surface area (Å²) in [5, 5.41) is 9.89. The maximum atomic E-state index is 11.9. The molecule has 0 aliphatic heterocycles. The van der Waals surface area contributed by atoms with Crippen LogP contribution < -0.4 is 4.89 Å². The molecular formula is C48H82NO7P. The van der Waals surface area contributed by atoms with E-state index in [0.717, 1.165) is 70.6 Å². The van der Waals surface area contributed by atoms with Crippen LogP contribution in [0.2, 0.25) is 0 Å². The number of ether oxygens (including phenoxy) is 1. The SMILES string of the molecule is CC/C=C\C/C=C\C/C=C\C/C=C\C/C=C\C/C=C\C/C=C\C/C=C\CCCCCCCCCCCCCCC(=O)OCC(O)COP(=O)([O-])OCC[N+](C)(C)C. The minimum Gasteiger partial charge on any atom is -0.756 e. The third-order valence-corrected chi connectivity index (χ3v) is 9.81. The lowest BCUT2D eigenvalue weighted by Crippen LogP contribution is -2.37. The van der Waals surface area contributed by atoms with Crippen LogP contribution in [0.4, 0.5) is 0 Å². The second kappa shape index (κ2) is 40.2. The number of allylic oxidation sites excluding steroid dienone is 16. The van der Waals surface area contributed by atoms with Gasteiger partial charge in [-0.15, -0.1) is 0 Å². The number of phosphoric ester groups is 1. The molecule has 0 saturated heterocycles. The number of hydrogen-bond donors (Lipinski definition) is 1. The molecule has 0 heterocycles. The molecule has 8 nitrogen and oxygen atoms in total. The molecule has 0 amide bonds. The van der Waals surface area contributed by atoms with Crippen molar-refractivity contribution in [3.8, 4) is 0 Å². The van der Waals surface area contributed by atoms with Crippen LogP contribution in [0, 0.1) is 0 Å². The maximum Gasteiger partial charge on any atom is 0.305 e. The summed E-state index contributed by atoms with van der Waals surface area (Å²) in [5.41, 5.74) is 0. The Morgan fingerprint density at radius 2 is 0.930 bits per heavy atom. The number of carbonyl (C=O) groups excluding carboxylic acids is 1. The number of esters is 1. The third-order valence-electron chi connectivity index (χ3n) is 8.85. The number of rotatable bonds is 39. The van der Waals surface area contributed by atoms with Gasteiger partial charge in [0, 0.05) is 6.42 Å². The van der Waals surface area contributed by atoms with Crippen LogP contribution in [-0.4, -0.2) is 69.2 Å². The van der Waals surface area contributed by atoms with Gasteiger partial charge in [0.15, 0.2) is 0 Å². The molecule has 0 rings (SSSR count). The van der Waals surface area contributed by atoms with E-state index in [2.05, 4.69) is 104 Å². The third kappa shape index (κ3) is 46.0. The lowest BCUT2D eigenvalue weighted by atomic mass is 10.0. The molecule has 0 aromatic heterocycles. The first kappa shape index (κ1) is 54.4. The van der Waals surface area contributed by atoms with E-state index in [1.165, 1.54) is 64.2 Å². The summed E-state index contributed by atoms with van der Waals surface area (Å²) in [4.78, 5) is 23.7. The number of unbranched alkanes of at least 4 members (excludes halogenated alkanes) is 12. The van der Waals surface area contributed by atoms with Crippen molar-refractivity contribution < 1.29 is 37.6 Å². The smallest absolute Gasteiger partial charge is 0.305 e. The van der Waals surface area contributed by atoms with Gasteiger partial charge in [-0.05, 0) is 70.6 Å². The van der Waals surface area contributed by atoms with Gasteiger partial charge in [0.2, 0.25) is 0 Å². The topological polar surface area (TPSA) is 105 Å². The lowest BCUT2D eigenvalue weighted by Gasteiger charge is -2.27. The number of quaternary nitrogens is 1. The van der Waals surface area contributed by atoms with Crippen molar-refractivity contribution in [3.05, 3.63) is 97.2 Å². The van der Waals surface area contributed by atoms with Gasteiger partial charge in [-0.3, -0.25) is 9.36 Å². The fourth-order valence-electron chi connectivity index (χ4n) is 5.43. The molecule has 9 heteroatoms. The van der Waals surface area contributed by atoms with E-state index in [1.54, 1.807) is 0 Å². The van der Waals surface area contributed by atoms with Crippen molar-refractivity contribution in [1.82, 2.24) is 0 Å². The van der Waals surface area contributed by atoms with E-state index in [9.17, 15) is 19.4 Å². The number of aliphatic hydroxyl groups excluding tert-OH is 1. The molecule has 0 aromatic carbocycles. The molecule has 326 valence electrons. The minimum absolute atomic E-state index is 0.0122. The highest BCUT2D eigenvalue weighted by Crippen LogP contribution is 2.38. The van der Waals surface area contributed by atoms with Crippen molar-refractivity contribution in [2.24, 2.45) is 0 Å². The zero-order valence-corrected chi connectivity index (χ0v) is 37.4. The Balaban J connectivity index is 3.52. The standard InChI is InChI=1S/C48H82NO7P/c1-5-6-7-8-9-10-11-12-13-14-15-16-17-18-19-20-21-22-23-24-25-26-27-28-29-30-31-32-33-34-35-36-37-38-39-40-41-42-48(51)54-45-47(50)46-56-57(52,53)55-44-43-49(2,3)4/h6-7,9-10,12-13,15-16,18-19,21-22,24-25,27-28,47,50H,5,8,11,14,17,20,23,26,29-46H2,1-4H3/b7-6-,10-9-,13-12-,16-15-,19-18-,22-21-,25-24-,28-27-. The molecule has 0 aromatic rings. The fourth-order valence-corrected chi connectivity index (χ4v) is 6.17. The number of hydrogen-bond acceptors (Lipinski definition) is 7. The number of carbonyl (C=O) groups is 1. The monoisotopic (exact) mass is 816 g/mol. The van der Waals surface area contributed by atoms with Crippen LogP contribution in [0.25, 0.3) is 0 Å². The van der Waals surface area contributed by atoms with Crippen LogP contribution in [0.5, 0.6) is 0 Å². The lowest BCUT2D eigenvalue weighted by molar-refractivity contribution is -0.870. The van der Waals surface area contributed by atoms with Crippen LogP contribution in [0.1, 0.15) is 148 Å². The van der Waals surface area contributed by atoms with E-state index in [1.807, 2.05) is 21.1 Å². The summed E-state index contributed by atoms with van der Waals surface area (Å²) in [6, 6.07) is 0. The summed E-state index contributed by atoms with van der Waals surface area (Å²) in [7, 11) is 1.24. The van der Waals surface area contributed by atoms with E-state index in [4.69, 9.17) is 13.8 Å². The predicted molar refractivity (Wildman–Crippen MR) is 240 cm³/mol. The highest BCUT2D eigenvalue weighted by Gasteiger charge is 2.16. The summed E-state index contributed by atoms with van der Waals surface area (Å²) < 4.78 is 26.9. The molecule has 0 fully saturated rings. The summed E-state index contributed by atoms with van der Waals surface area (Å²) in [6.07, 6.45) is 58.7. The second-order valence-corrected chi connectivity index (χ2v) is 16.9. The van der Waals surface area contributed by atoms with Gasteiger partial charge in [-0.2, -0.15) is 0 Å². The number of nitrogens with zero attached hydrogens (tertiary/aromatic N) is 1. The molecular weight excluding hydrogens is 734 g/mol. The predicted octanol–water partition coefficient (Wildman–Crippen LogP) is 12.1. The van der Waals surface area contributed by atoms with Gasteiger partial charge in [0.1, 0.15) is 25.9 Å². The molecule has 0 aliphatic carbocycles. The van der Waals surface area contributed by atoms with Crippen molar-refractivity contribution in [2.45, 2.75) is 154 Å². The largest absolute Gasteiger partial charge is 0.756 e. The Labute approximate surface area is 349 Å². The average Bonchev–Trinajstić information content (AvgIpc) is 3.17. The van der Waals surface area contributed by atoms with Crippen LogP contribution in [0.15, 0.2) is 97.2 Å². The normalized spacial score (nSPS) is 14.7. The molecule has 0 spiro atoms. The summed E-state index contributed by atoms with van der Waals surface area (Å²) in [5.74, 6) is -0.393. The maximum absolute atomic E-state index is 11.9. The minimum atomic E-state index is -4.51. The van der Waals surface area contributed by atoms with Gasteiger partial charge in [0.05, 0.1) is 27.7 Å². The molecule has 0 saturated carbocycles. The van der Waals surface area contributed by atoms with E-state index in [0.29, 0.717) is 17.4 Å². The average molecular weight is 816 g/mol. The Kier molecular flexibility index (Phi) is 38.4. The van der Waals surface area contributed by atoms with E-state index >= 15 is 0 Å². The van der Waals surface area contributed by atoms with Gasteiger partial charge in [-0.1, -0.05) is 168 Å². The highest BCUT2D eigenvalue weighted by atomic mass is 31.2. The van der Waals surface area contributed by atoms with Crippen LogP contribution >= 0.6 is 7.82 Å². The van der Waals surface area contributed by atoms with Crippen molar-refractivity contribution in [2.75, 3.05) is 47.5 Å². The first-order valence-corrected chi connectivity index (χ1v) is 23.5. The molecule has 0 radical (unpaired) electrons. The first-order valence-electron chi connectivity index (χ1n) is 22.0. The first-order chi connectivity index (χ1) is 27.6. The van der Waals surface area contributed by atoms with Crippen LogP contribution in [-0.2, 0) is 23.1 Å². The zero-order valence-electron chi connectivity index (χ0n) is 36.5. The molecule has 57 heavy (non-hydrogen) atoms. The molecule has 1 N–H and O–H groups in total. The summed E-state index contributed by atoms with van der Waals surface area (Å²) >= 11 is 0. The fraction of sp³-hybridized carbons (Fsp3) is 0.646. The summed E-state index contributed by atoms with van der Waals surface area (Å²) in [6.45, 7) is 1.82. The molecule has 2 atom stereocenters. The highest BCUT2D eigenvalue weighted by molar-refractivity contribution is 7.45. The van der Waals surface area contributed by atoms with E-state index in [-0.39, 0.29) is 13.2 Å². The van der Waals surface area contributed by atoms with Crippen molar-refractivity contribution in [1.29, 1.82) is 0 Å². The zero-order chi connectivity index (χ0) is 42.0. The van der Waals surface area contributed by atoms with Crippen molar-refractivity contribution in [3.63, 3.8) is 0 Å². The van der Waals surface area contributed by atoms with Crippen molar-refractivity contribution >= 4 is 13.8 Å². The Morgan fingerprint density at radius 1 is 0.561 bits per heavy atom. The van der Waals surface area contributed by atoms with Crippen LogP contribution in [0.3, 0.4) is 0 Å². The Bertz CT molecular complexity index is 1230. The van der Waals surface area contributed by atoms with Gasteiger partial charge >= 0.3 is 5.97 Å². The second-order valence-electron chi connectivity index (χ2n) is 15.5. The Morgan fingerprint density at radius 3 is 1.33 bits per heavy atom. The Hall–Kier alpha value is -2.58. The molecule has 0 aliphatic rings. The van der Waals surface area contributed by atoms with Gasteiger partial charge < -0.3 is 28.3 Å². The molecule has 0 bridgehead atoms. The quantitative estimate of drug-likeness (QED) is 0.0216. The van der Waals surface area contributed by atoms with E-state index < -0.39 is 26.5 Å². The molecule has 2 unspecified atom stereocenters. The number of aliphatic hydroxyl groups is 1. The number of likely N-dealkylation sites (N-methyl/N-ethyl adjacent to an activating group) is 1. The van der Waals surface area contributed by atoms with Gasteiger partial charge in [0.25, 0.3) is 7.82 Å². The number of phosphoric acid groups is 1. The van der Waals surface area contributed by atoms with Gasteiger partial charge in [-0.25, -0.2) is 0 Å².